The van der Waals surface area contributed by atoms with Crippen LogP contribution in [0, 0.1) is 0 Å². The summed E-state index contributed by atoms with van der Waals surface area (Å²) in [5.41, 5.74) is 6.48. The van der Waals surface area contributed by atoms with E-state index in [0.717, 1.165) is 5.56 Å². The van der Waals surface area contributed by atoms with Gasteiger partial charge in [0.2, 0.25) is 0 Å². The molecule has 3 N–H and O–H groups in total. The van der Waals surface area contributed by atoms with E-state index < -0.39 is 0 Å². The second-order valence-corrected chi connectivity index (χ2v) is 3.43. The van der Waals surface area contributed by atoms with Gasteiger partial charge in [-0.25, -0.2) is 0 Å². The predicted molar refractivity (Wildman–Crippen MR) is 65.1 cm³/mol. The van der Waals surface area contributed by atoms with Crippen LogP contribution in [0.1, 0.15) is 12.5 Å². The van der Waals surface area contributed by atoms with Crippen molar-refractivity contribution < 1.29 is 14.3 Å². The molecule has 94 valence electrons. The Hall–Kier alpha value is -1.75. The van der Waals surface area contributed by atoms with Gasteiger partial charge in [-0.2, -0.15) is 0 Å². The summed E-state index contributed by atoms with van der Waals surface area (Å²) in [7, 11) is 1.55. The van der Waals surface area contributed by atoms with Crippen LogP contribution < -0.4 is 20.5 Å². The molecular formula is C12H18N2O3. The SMILES string of the molecule is CCNC(=O)COc1ccc(CN)cc1OC. The highest BCUT2D eigenvalue weighted by Crippen LogP contribution is 2.27. The second-order valence-electron chi connectivity index (χ2n) is 3.43. The smallest absolute Gasteiger partial charge is 0.257 e. The number of nitrogens with two attached hydrogens (primary N) is 1. The molecule has 1 aromatic carbocycles. The number of hydrogen-bond donors (Lipinski definition) is 2. The van der Waals surface area contributed by atoms with E-state index in [1.807, 2.05) is 13.0 Å². The largest absolute Gasteiger partial charge is 0.493 e. The number of ether oxygens (including phenoxy) is 2. The van der Waals surface area contributed by atoms with Gasteiger partial charge in [0.25, 0.3) is 5.91 Å². The zero-order valence-electron chi connectivity index (χ0n) is 10.2. The first-order chi connectivity index (χ1) is 8.21. The Labute approximate surface area is 101 Å². The molecule has 17 heavy (non-hydrogen) atoms. The van der Waals surface area contributed by atoms with Gasteiger partial charge in [0.1, 0.15) is 0 Å². The Bertz CT molecular complexity index is 380. The van der Waals surface area contributed by atoms with Crippen molar-refractivity contribution in [3.05, 3.63) is 23.8 Å². The summed E-state index contributed by atoms with van der Waals surface area (Å²) in [6.45, 7) is 2.86. The van der Waals surface area contributed by atoms with Crippen LogP contribution in [-0.4, -0.2) is 26.2 Å². The van der Waals surface area contributed by atoms with Gasteiger partial charge < -0.3 is 20.5 Å². The monoisotopic (exact) mass is 238 g/mol. The normalized spacial score (nSPS) is 9.82. The van der Waals surface area contributed by atoms with Crippen molar-refractivity contribution in [3.63, 3.8) is 0 Å². The van der Waals surface area contributed by atoms with Crippen molar-refractivity contribution in [2.24, 2.45) is 5.73 Å². The molecule has 0 saturated heterocycles. The summed E-state index contributed by atoms with van der Waals surface area (Å²) >= 11 is 0. The zero-order valence-corrected chi connectivity index (χ0v) is 10.2. The van der Waals surface area contributed by atoms with E-state index in [-0.39, 0.29) is 12.5 Å². The Morgan fingerprint density at radius 2 is 2.18 bits per heavy atom. The molecule has 0 bridgehead atoms. The average molecular weight is 238 g/mol. The molecule has 0 aliphatic heterocycles. The summed E-state index contributed by atoms with van der Waals surface area (Å²) in [5, 5.41) is 2.65. The lowest BCUT2D eigenvalue weighted by Crippen LogP contribution is -2.28. The van der Waals surface area contributed by atoms with Crippen LogP contribution in [0.5, 0.6) is 11.5 Å². The first kappa shape index (κ1) is 13.3. The molecule has 0 unspecified atom stereocenters. The van der Waals surface area contributed by atoms with E-state index in [1.54, 1.807) is 19.2 Å². The number of rotatable bonds is 6. The van der Waals surface area contributed by atoms with Crippen LogP contribution in [0.25, 0.3) is 0 Å². The van der Waals surface area contributed by atoms with Crippen LogP contribution in [0.15, 0.2) is 18.2 Å². The molecule has 1 aromatic rings. The molecule has 0 heterocycles. The maximum atomic E-state index is 11.2. The lowest BCUT2D eigenvalue weighted by atomic mass is 10.2. The van der Waals surface area contributed by atoms with Gasteiger partial charge in [0.15, 0.2) is 18.1 Å². The van der Waals surface area contributed by atoms with E-state index in [2.05, 4.69) is 5.32 Å². The molecule has 1 amide bonds. The van der Waals surface area contributed by atoms with E-state index in [0.29, 0.717) is 24.6 Å². The highest BCUT2D eigenvalue weighted by atomic mass is 16.5. The fourth-order valence-corrected chi connectivity index (χ4v) is 1.35. The Balaban J connectivity index is 2.67. The van der Waals surface area contributed by atoms with Gasteiger partial charge in [0, 0.05) is 13.1 Å². The van der Waals surface area contributed by atoms with Crippen molar-refractivity contribution >= 4 is 5.91 Å². The van der Waals surface area contributed by atoms with Crippen molar-refractivity contribution in [3.8, 4) is 11.5 Å². The number of benzene rings is 1. The third-order valence-corrected chi connectivity index (χ3v) is 2.20. The highest BCUT2D eigenvalue weighted by molar-refractivity contribution is 5.77. The van der Waals surface area contributed by atoms with Crippen LogP contribution in [-0.2, 0) is 11.3 Å². The Morgan fingerprint density at radius 1 is 1.41 bits per heavy atom. The summed E-state index contributed by atoms with van der Waals surface area (Å²) in [6.07, 6.45) is 0. The first-order valence-electron chi connectivity index (χ1n) is 5.47. The molecule has 0 aromatic heterocycles. The van der Waals surface area contributed by atoms with Gasteiger partial charge in [-0.1, -0.05) is 6.07 Å². The van der Waals surface area contributed by atoms with Crippen molar-refractivity contribution in [1.82, 2.24) is 5.32 Å². The number of carbonyl (C=O) groups excluding carboxylic acids is 1. The number of amides is 1. The number of hydrogen-bond acceptors (Lipinski definition) is 4. The fourth-order valence-electron chi connectivity index (χ4n) is 1.35. The quantitative estimate of drug-likeness (QED) is 0.764. The summed E-state index contributed by atoms with van der Waals surface area (Å²) < 4.78 is 10.5. The Kier molecular flexibility index (Phi) is 5.29. The molecule has 0 fully saturated rings. The lowest BCUT2D eigenvalue weighted by molar-refractivity contribution is -0.123. The van der Waals surface area contributed by atoms with E-state index in [1.165, 1.54) is 0 Å². The van der Waals surface area contributed by atoms with Crippen molar-refractivity contribution in [1.29, 1.82) is 0 Å². The molecule has 5 nitrogen and oxygen atoms in total. The maximum absolute atomic E-state index is 11.2. The first-order valence-corrected chi connectivity index (χ1v) is 5.47. The predicted octanol–water partition coefficient (Wildman–Crippen LogP) is 0.669. The van der Waals surface area contributed by atoms with Crippen LogP contribution in [0.4, 0.5) is 0 Å². The molecule has 0 atom stereocenters. The highest BCUT2D eigenvalue weighted by Gasteiger charge is 2.07. The molecule has 0 radical (unpaired) electrons. The molecule has 0 aliphatic carbocycles. The van der Waals surface area contributed by atoms with E-state index in [4.69, 9.17) is 15.2 Å². The standard InChI is InChI=1S/C12H18N2O3/c1-3-14-12(15)8-17-10-5-4-9(7-13)6-11(10)16-2/h4-6H,3,7-8,13H2,1-2H3,(H,14,15). The van der Waals surface area contributed by atoms with Gasteiger partial charge in [-0.05, 0) is 24.6 Å². The molecule has 0 saturated carbocycles. The third kappa shape index (κ3) is 3.96. The molecule has 1 rings (SSSR count). The Morgan fingerprint density at radius 3 is 2.76 bits per heavy atom. The third-order valence-electron chi connectivity index (χ3n) is 2.20. The fraction of sp³-hybridized carbons (Fsp3) is 0.417. The molecule has 0 aliphatic rings. The van der Waals surface area contributed by atoms with Crippen LogP contribution in [0.2, 0.25) is 0 Å². The van der Waals surface area contributed by atoms with Crippen molar-refractivity contribution in [2.45, 2.75) is 13.5 Å². The summed E-state index contributed by atoms with van der Waals surface area (Å²) in [4.78, 5) is 11.2. The lowest BCUT2D eigenvalue weighted by Gasteiger charge is -2.11. The minimum absolute atomic E-state index is 0.0217. The zero-order chi connectivity index (χ0) is 12.7. The van der Waals surface area contributed by atoms with Gasteiger partial charge >= 0.3 is 0 Å². The van der Waals surface area contributed by atoms with Crippen LogP contribution >= 0.6 is 0 Å². The number of carbonyl (C=O) groups is 1. The average Bonchev–Trinajstić information content (AvgIpc) is 2.36. The van der Waals surface area contributed by atoms with Gasteiger partial charge in [-0.3, -0.25) is 4.79 Å². The topological polar surface area (TPSA) is 73.6 Å². The minimum Gasteiger partial charge on any atom is -0.493 e. The van der Waals surface area contributed by atoms with Crippen LogP contribution in [0.3, 0.4) is 0 Å². The molecule has 5 heteroatoms. The second kappa shape index (κ2) is 6.75. The maximum Gasteiger partial charge on any atom is 0.257 e. The van der Waals surface area contributed by atoms with Crippen molar-refractivity contribution in [2.75, 3.05) is 20.3 Å². The van der Waals surface area contributed by atoms with Gasteiger partial charge in [0.05, 0.1) is 7.11 Å². The molecular weight excluding hydrogens is 220 g/mol. The van der Waals surface area contributed by atoms with E-state index >= 15 is 0 Å². The minimum atomic E-state index is -0.155. The number of nitrogens with one attached hydrogen (secondary N) is 1. The molecule has 0 spiro atoms. The number of methoxy groups -OCH3 is 1. The summed E-state index contributed by atoms with van der Waals surface area (Å²) in [5.74, 6) is 0.964. The van der Waals surface area contributed by atoms with Gasteiger partial charge in [-0.15, -0.1) is 0 Å². The number of likely N-dealkylation sites (N-methyl/N-ethyl adjacent to an activating group) is 1. The van der Waals surface area contributed by atoms with E-state index in [9.17, 15) is 4.79 Å². The summed E-state index contributed by atoms with van der Waals surface area (Å²) in [6, 6.07) is 5.39.